The molecule has 2 rings (SSSR count). The molecule has 180 valence electrons. The first-order chi connectivity index (χ1) is 14.1. The summed E-state index contributed by atoms with van der Waals surface area (Å²) in [4.78, 5) is 11.1. The van der Waals surface area contributed by atoms with E-state index >= 15 is 0 Å². The van der Waals surface area contributed by atoms with Crippen LogP contribution in [0.3, 0.4) is 0 Å². The summed E-state index contributed by atoms with van der Waals surface area (Å²) in [5.74, 6) is -2.69. The van der Waals surface area contributed by atoms with E-state index < -0.39 is 88.2 Å². The first kappa shape index (κ1) is 25.8. The molecule has 8 N–H and O–H groups in total. The van der Waals surface area contributed by atoms with Crippen LogP contribution in [-0.4, -0.2) is 113 Å². The molecule has 19 heteroatoms. The lowest BCUT2D eigenvalue weighted by molar-refractivity contribution is -0.303. The van der Waals surface area contributed by atoms with Crippen LogP contribution in [0, 0.1) is 0 Å². The number of carbonyl (C=O) groups is 1. The normalized spacial score (nSPS) is 37.0. The van der Waals surface area contributed by atoms with Gasteiger partial charge >= 0.3 is 26.7 Å². The number of hydrogen-bond acceptors (Lipinski definition) is 13. The molecule has 0 spiro atoms. The molecule has 0 aromatic carbocycles. The smallest absolute Gasteiger partial charge is 0.397 e. The molecule has 0 radical (unpaired) electrons. The van der Waals surface area contributed by atoms with Crippen molar-refractivity contribution in [2.45, 2.75) is 49.1 Å². The number of aliphatic hydroxyl groups is 4. The summed E-state index contributed by atoms with van der Waals surface area (Å²) in [5.41, 5.74) is 0. The highest BCUT2D eigenvalue weighted by Gasteiger charge is 2.50. The summed E-state index contributed by atoms with van der Waals surface area (Å²) in [5, 5.41) is 48.6. The second kappa shape index (κ2) is 9.56. The van der Waals surface area contributed by atoms with Crippen LogP contribution in [0.4, 0.5) is 0 Å². The van der Waals surface area contributed by atoms with Crippen LogP contribution < -0.4 is 4.72 Å². The van der Waals surface area contributed by atoms with Crippen molar-refractivity contribution in [2.75, 3.05) is 6.61 Å². The Bertz CT molecular complexity index is 902. The van der Waals surface area contributed by atoms with E-state index in [1.165, 1.54) is 4.72 Å². The van der Waals surface area contributed by atoms with Crippen molar-refractivity contribution in [3.05, 3.63) is 11.8 Å². The molecule has 1 saturated heterocycles. The van der Waals surface area contributed by atoms with E-state index in [2.05, 4.69) is 4.18 Å². The molecule has 31 heavy (non-hydrogen) atoms. The Labute approximate surface area is 174 Å². The van der Waals surface area contributed by atoms with Crippen LogP contribution in [0.5, 0.6) is 0 Å². The summed E-state index contributed by atoms with van der Waals surface area (Å²) < 4.78 is 82.5. The van der Waals surface area contributed by atoms with Gasteiger partial charge in [0.05, 0.1) is 6.61 Å². The predicted molar refractivity (Wildman–Crippen MR) is 90.3 cm³/mol. The minimum absolute atomic E-state index is 0.516. The van der Waals surface area contributed by atoms with E-state index in [9.17, 15) is 42.1 Å². The van der Waals surface area contributed by atoms with Crippen LogP contribution in [-0.2, 0) is 43.9 Å². The van der Waals surface area contributed by atoms with Gasteiger partial charge in [0.1, 0.15) is 30.5 Å². The van der Waals surface area contributed by atoms with Gasteiger partial charge in [-0.05, 0) is 6.08 Å². The van der Waals surface area contributed by atoms with E-state index in [-0.39, 0.29) is 0 Å². The topological polar surface area (TPSA) is 276 Å². The zero-order chi connectivity index (χ0) is 23.7. The number of carboxylic acids is 1. The number of aliphatic carboxylic acids is 1. The molecule has 2 aliphatic heterocycles. The van der Waals surface area contributed by atoms with Crippen molar-refractivity contribution in [1.82, 2.24) is 4.72 Å². The van der Waals surface area contributed by atoms with Crippen LogP contribution in [0.25, 0.3) is 0 Å². The third kappa shape index (κ3) is 6.74. The highest BCUT2D eigenvalue weighted by Crippen LogP contribution is 2.29. The van der Waals surface area contributed by atoms with Crippen molar-refractivity contribution in [1.29, 1.82) is 0 Å². The third-order valence-corrected chi connectivity index (χ3v) is 5.10. The quantitative estimate of drug-likeness (QED) is 0.146. The van der Waals surface area contributed by atoms with Gasteiger partial charge in [0.25, 0.3) is 0 Å². The molecule has 0 bridgehead atoms. The van der Waals surface area contributed by atoms with Gasteiger partial charge in [-0.2, -0.15) is 21.6 Å². The Balaban J connectivity index is 2.36. The fourth-order valence-corrected chi connectivity index (χ4v) is 3.90. The van der Waals surface area contributed by atoms with E-state index in [1.807, 2.05) is 0 Å². The average Bonchev–Trinajstić information content (AvgIpc) is 2.61. The van der Waals surface area contributed by atoms with E-state index in [4.69, 9.17) is 28.4 Å². The molecule has 2 aliphatic rings. The number of hydrogen-bond donors (Lipinski definition) is 8. The molecule has 0 amide bonds. The second-order valence-electron chi connectivity index (χ2n) is 6.26. The molecular formula is C12H19NO16S2. The lowest BCUT2D eigenvalue weighted by Crippen LogP contribution is -2.66. The predicted octanol–water partition coefficient (Wildman–Crippen LogP) is -4.92. The summed E-state index contributed by atoms with van der Waals surface area (Å²) in [7, 11) is -10.2. The Kier molecular flexibility index (Phi) is 7.95. The zero-order valence-corrected chi connectivity index (χ0v) is 16.7. The Morgan fingerprint density at radius 2 is 1.74 bits per heavy atom. The van der Waals surface area contributed by atoms with Crippen LogP contribution >= 0.6 is 0 Å². The monoisotopic (exact) mass is 497 g/mol. The lowest BCUT2D eigenvalue weighted by atomic mass is 9.97. The van der Waals surface area contributed by atoms with Crippen molar-refractivity contribution >= 4 is 26.7 Å². The fraction of sp³-hybridized carbons (Fsp3) is 0.750. The molecule has 2 heterocycles. The Hall–Kier alpha value is -1.49. The highest BCUT2D eigenvalue weighted by molar-refractivity contribution is 7.83. The third-order valence-electron chi connectivity index (χ3n) is 4.06. The van der Waals surface area contributed by atoms with Gasteiger partial charge < -0.3 is 39.7 Å². The first-order valence-electron chi connectivity index (χ1n) is 8.11. The maximum Gasteiger partial charge on any atom is 0.397 e. The Morgan fingerprint density at radius 3 is 2.23 bits per heavy atom. The molecule has 0 aromatic rings. The van der Waals surface area contributed by atoms with Gasteiger partial charge in [0, 0.05) is 0 Å². The molecule has 17 nitrogen and oxygen atoms in total. The molecule has 0 aromatic heterocycles. The lowest BCUT2D eigenvalue weighted by Gasteiger charge is -2.44. The maximum absolute atomic E-state index is 11.1. The van der Waals surface area contributed by atoms with E-state index in [0.29, 0.717) is 6.08 Å². The van der Waals surface area contributed by atoms with Crippen molar-refractivity contribution in [3.8, 4) is 0 Å². The van der Waals surface area contributed by atoms with E-state index in [0.717, 1.165) is 0 Å². The molecule has 8 atom stereocenters. The minimum Gasteiger partial charge on any atom is -0.475 e. The number of ether oxygens (including phenoxy) is 3. The molecule has 1 unspecified atom stereocenters. The van der Waals surface area contributed by atoms with Crippen LogP contribution in [0.1, 0.15) is 0 Å². The second-order valence-corrected chi connectivity index (χ2v) is 8.49. The van der Waals surface area contributed by atoms with Crippen molar-refractivity contribution in [2.24, 2.45) is 0 Å². The first-order valence-corrected chi connectivity index (χ1v) is 10.9. The largest absolute Gasteiger partial charge is 0.475 e. The number of rotatable bonds is 8. The molecule has 0 saturated carbocycles. The molecular weight excluding hydrogens is 478 g/mol. The van der Waals surface area contributed by atoms with Gasteiger partial charge in [-0.3, -0.25) is 9.11 Å². The van der Waals surface area contributed by atoms with Crippen molar-refractivity contribution in [3.63, 3.8) is 0 Å². The average molecular weight is 497 g/mol. The SMILES string of the molecule is O=C(O)C1=C[C@H](O)[C@@H](OS(=O)(=O)O)C(O[C@H]2[C@H](O)[C@@H](NS(=O)(=O)O)[C@@H](O)O[C@@H]2CO)O1. The zero-order valence-electron chi connectivity index (χ0n) is 15.0. The highest BCUT2D eigenvalue weighted by atomic mass is 32.3. The molecule has 1 fully saturated rings. The summed E-state index contributed by atoms with van der Waals surface area (Å²) in [6, 6.07) is -1.98. The number of carboxylic acid groups (broad SMARTS) is 1. The Morgan fingerprint density at radius 1 is 1.13 bits per heavy atom. The standard InChI is InChI=1S/C12H19NO16S2/c14-2-5-9(7(16)6(11(19)26-5)13-30(20,21)22)28-12-8(29-31(23,24)25)3(15)1-4(27-12)10(17)18/h1,3,5-9,11-16,19H,2H2,(H,17,18)(H,20,21,22)(H,23,24,25)/t3-,5+,6+,7+,8+,9+,11-,12?/m0/s1. The van der Waals surface area contributed by atoms with Crippen LogP contribution in [0.2, 0.25) is 0 Å². The molecule has 0 aliphatic carbocycles. The van der Waals surface area contributed by atoms with Gasteiger partial charge in [0.2, 0.25) is 12.0 Å². The van der Waals surface area contributed by atoms with Gasteiger partial charge in [-0.15, -0.1) is 0 Å². The fourth-order valence-electron chi connectivity index (χ4n) is 2.82. The van der Waals surface area contributed by atoms with Crippen LogP contribution in [0.15, 0.2) is 11.8 Å². The summed E-state index contributed by atoms with van der Waals surface area (Å²) in [6.07, 6.45) is -13.6. The maximum atomic E-state index is 11.1. The minimum atomic E-state index is -5.25. The summed E-state index contributed by atoms with van der Waals surface area (Å²) in [6.45, 7) is -0.974. The van der Waals surface area contributed by atoms with Crippen molar-refractivity contribution < 1.29 is 74.7 Å². The van der Waals surface area contributed by atoms with Gasteiger partial charge in [-0.25, -0.2) is 8.98 Å². The number of aliphatic hydroxyl groups excluding tert-OH is 4. The number of nitrogens with one attached hydrogen (secondary N) is 1. The van der Waals surface area contributed by atoms with Gasteiger partial charge in [0.15, 0.2) is 12.4 Å². The van der Waals surface area contributed by atoms with E-state index in [1.54, 1.807) is 0 Å². The summed E-state index contributed by atoms with van der Waals surface area (Å²) >= 11 is 0. The van der Waals surface area contributed by atoms with Gasteiger partial charge in [-0.1, -0.05) is 0 Å².